The van der Waals surface area contributed by atoms with Crippen LogP contribution in [0.3, 0.4) is 0 Å². The lowest BCUT2D eigenvalue weighted by Gasteiger charge is -2.08. The molecule has 130 valence electrons. The summed E-state index contributed by atoms with van der Waals surface area (Å²) in [6.07, 6.45) is 2.80. The topological polar surface area (TPSA) is 67.4 Å². The van der Waals surface area contributed by atoms with E-state index < -0.39 is 12.5 Å². The van der Waals surface area contributed by atoms with Gasteiger partial charge in [0.2, 0.25) is 5.91 Å². The van der Waals surface area contributed by atoms with E-state index in [0.717, 1.165) is 0 Å². The molecule has 2 rings (SSSR count). The highest BCUT2D eigenvalue weighted by Crippen LogP contribution is 2.17. The number of amides is 2. The van der Waals surface area contributed by atoms with Gasteiger partial charge < -0.3 is 15.4 Å². The number of nitrogens with one attached hydrogen (secondary N) is 2. The number of halogens is 2. The normalized spacial score (nSPS) is 10.7. The number of alkyl halides is 2. The molecule has 0 heterocycles. The third-order valence-electron chi connectivity index (χ3n) is 3.19. The molecular weight excluding hydrogens is 330 g/mol. The third kappa shape index (κ3) is 5.42. The van der Waals surface area contributed by atoms with E-state index in [2.05, 4.69) is 15.4 Å². The van der Waals surface area contributed by atoms with Crippen LogP contribution in [0.2, 0.25) is 0 Å². The van der Waals surface area contributed by atoms with Crippen molar-refractivity contribution >= 4 is 23.6 Å². The number of ether oxygens (including phenoxy) is 1. The maximum atomic E-state index is 12.1. The molecule has 0 atom stereocenters. The van der Waals surface area contributed by atoms with Crippen molar-refractivity contribution in [1.29, 1.82) is 0 Å². The first-order chi connectivity index (χ1) is 12.0. The molecular formula is C18H16F2N2O3. The molecule has 5 nitrogen and oxygen atoms in total. The van der Waals surface area contributed by atoms with Crippen molar-refractivity contribution in [2.75, 3.05) is 12.4 Å². The molecule has 0 saturated heterocycles. The summed E-state index contributed by atoms with van der Waals surface area (Å²) < 4.78 is 28.4. The van der Waals surface area contributed by atoms with Crippen LogP contribution in [0, 0.1) is 0 Å². The minimum atomic E-state index is -2.88. The van der Waals surface area contributed by atoms with Crippen molar-refractivity contribution in [3.8, 4) is 5.75 Å². The predicted molar refractivity (Wildman–Crippen MR) is 90.6 cm³/mol. The molecule has 2 N–H and O–H groups in total. The van der Waals surface area contributed by atoms with Crippen LogP contribution in [0.25, 0.3) is 6.08 Å². The Balaban J connectivity index is 2.03. The predicted octanol–water partition coefficient (Wildman–Crippen LogP) is 3.30. The van der Waals surface area contributed by atoms with Crippen LogP contribution in [-0.2, 0) is 4.79 Å². The van der Waals surface area contributed by atoms with E-state index in [-0.39, 0.29) is 11.7 Å². The summed E-state index contributed by atoms with van der Waals surface area (Å²) in [5, 5.41) is 5.12. The number of para-hydroxylation sites is 1. The van der Waals surface area contributed by atoms with Crippen LogP contribution >= 0.6 is 0 Å². The summed E-state index contributed by atoms with van der Waals surface area (Å²) in [6, 6.07) is 12.5. The zero-order valence-electron chi connectivity index (χ0n) is 13.3. The Kier molecular flexibility index (Phi) is 6.22. The molecule has 0 spiro atoms. The molecule has 0 aliphatic heterocycles. The van der Waals surface area contributed by atoms with Gasteiger partial charge in [0, 0.05) is 13.1 Å². The Hall–Kier alpha value is -3.22. The summed E-state index contributed by atoms with van der Waals surface area (Å²) >= 11 is 0. The molecule has 0 aliphatic carbocycles. The largest absolute Gasteiger partial charge is 0.435 e. The van der Waals surface area contributed by atoms with E-state index in [9.17, 15) is 18.4 Å². The average molecular weight is 346 g/mol. The van der Waals surface area contributed by atoms with Crippen molar-refractivity contribution in [3.63, 3.8) is 0 Å². The summed E-state index contributed by atoms with van der Waals surface area (Å²) in [5.74, 6) is -0.699. The Morgan fingerprint density at radius 3 is 2.40 bits per heavy atom. The smallest absolute Gasteiger partial charge is 0.387 e. The standard InChI is InChI=1S/C18H16F2N2O3/c1-21-17(24)14-4-2-3-5-15(14)22-16(23)11-8-12-6-9-13(10-7-12)25-18(19)20/h2-11,18H,1H3,(H,21,24)(H,22,23)/b11-8+. The first-order valence-corrected chi connectivity index (χ1v) is 7.34. The van der Waals surface area contributed by atoms with Crippen LogP contribution in [0.15, 0.2) is 54.6 Å². The molecule has 7 heteroatoms. The number of carbonyl (C=O) groups excluding carboxylic acids is 2. The van der Waals surface area contributed by atoms with Crippen LogP contribution in [0.5, 0.6) is 5.75 Å². The van der Waals surface area contributed by atoms with Gasteiger partial charge in [0.15, 0.2) is 0 Å². The molecule has 0 aliphatic rings. The van der Waals surface area contributed by atoms with Gasteiger partial charge >= 0.3 is 6.61 Å². The van der Waals surface area contributed by atoms with Crippen molar-refractivity contribution in [2.24, 2.45) is 0 Å². The maximum absolute atomic E-state index is 12.1. The van der Waals surface area contributed by atoms with E-state index in [1.54, 1.807) is 36.4 Å². The Bertz CT molecular complexity index is 774. The first-order valence-electron chi connectivity index (χ1n) is 7.34. The van der Waals surface area contributed by atoms with Gasteiger partial charge in [-0.05, 0) is 35.9 Å². The monoisotopic (exact) mass is 346 g/mol. The Morgan fingerprint density at radius 2 is 1.76 bits per heavy atom. The van der Waals surface area contributed by atoms with Gasteiger partial charge in [0.1, 0.15) is 5.75 Å². The minimum absolute atomic E-state index is 0.0381. The van der Waals surface area contributed by atoms with E-state index in [1.165, 1.54) is 31.3 Å². The highest BCUT2D eigenvalue weighted by atomic mass is 19.3. The Labute approximate surface area is 143 Å². The number of anilines is 1. The SMILES string of the molecule is CNC(=O)c1ccccc1NC(=O)/C=C/c1ccc(OC(F)F)cc1. The second kappa shape index (κ2) is 8.58. The minimum Gasteiger partial charge on any atom is -0.435 e. The van der Waals surface area contributed by atoms with E-state index in [1.807, 2.05) is 0 Å². The molecule has 0 bridgehead atoms. The quantitative estimate of drug-likeness (QED) is 0.789. The Morgan fingerprint density at radius 1 is 1.08 bits per heavy atom. The van der Waals surface area contributed by atoms with Crippen LogP contribution < -0.4 is 15.4 Å². The molecule has 0 radical (unpaired) electrons. The van der Waals surface area contributed by atoms with Gasteiger partial charge in [-0.3, -0.25) is 9.59 Å². The number of benzene rings is 2. The van der Waals surface area contributed by atoms with E-state index in [0.29, 0.717) is 16.8 Å². The molecule has 25 heavy (non-hydrogen) atoms. The van der Waals surface area contributed by atoms with E-state index >= 15 is 0 Å². The van der Waals surface area contributed by atoms with Crippen molar-refractivity contribution < 1.29 is 23.1 Å². The van der Waals surface area contributed by atoms with E-state index in [4.69, 9.17) is 0 Å². The summed E-state index contributed by atoms with van der Waals surface area (Å²) in [4.78, 5) is 23.8. The van der Waals surface area contributed by atoms with Crippen molar-refractivity contribution in [2.45, 2.75) is 6.61 Å². The summed E-state index contributed by atoms with van der Waals surface area (Å²) in [7, 11) is 1.50. The maximum Gasteiger partial charge on any atom is 0.387 e. The van der Waals surface area contributed by atoms with Crippen LogP contribution in [0.1, 0.15) is 15.9 Å². The average Bonchev–Trinajstić information content (AvgIpc) is 2.60. The molecule has 2 amide bonds. The van der Waals surface area contributed by atoms with Crippen molar-refractivity contribution in [3.05, 3.63) is 65.7 Å². The summed E-state index contributed by atoms with van der Waals surface area (Å²) in [6.45, 7) is -2.88. The van der Waals surface area contributed by atoms with Gasteiger partial charge in [0.25, 0.3) is 5.91 Å². The number of hydrogen-bond donors (Lipinski definition) is 2. The van der Waals surface area contributed by atoms with Crippen LogP contribution in [0.4, 0.5) is 14.5 Å². The molecule has 0 unspecified atom stereocenters. The zero-order chi connectivity index (χ0) is 18.2. The zero-order valence-corrected chi connectivity index (χ0v) is 13.3. The molecule has 2 aromatic rings. The first kappa shape index (κ1) is 18.1. The highest BCUT2D eigenvalue weighted by molar-refractivity contribution is 6.07. The van der Waals surface area contributed by atoms with Gasteiger partial charge in [-0.15, -0.1) is 0 Å². The number of carbonyl (C=O) groups is 2. The van der Waals surface area contributed by atoms with Gasteiger partial charge in [0.05, 0.1) is 11.3 Å². The molecule has 0 saturated carbocycles. The fourth-order valence-corrected chi connectivity index (χ4v) is 2.03. The fraction of sp³-hybridized carbons (Fsp3) is 0.111. The highest BCUT2D eigenvalue weighted by Gasteiger charge is 2.10. The van der Waals surface area contributed by atoms with Crippen molar-refractivity contribution in [1.82, 2.24) is 5.32 Å². The molecule has 0 fully saturated rings. The fourth-order valence-electron chi connectivity index (χ4n) is 2.03. The number of rotatable bonds is 6. The van der Waals surface area contributed by atoms with Gasteiger partial charge in [-0.2, -0.15) is 8.78 Å². The molecule has 2 aromatic carbocycles. The van der Waals surface area contributed by atoms with Crippen LogP contribution in [-0.4, -0.2) is 25.5 Å². The molecule has 0 aromatic heterocycles. The third-order valence-corrected chi connectivity index (χ3v) is 3.19. The second-order valence-electron chi connectivity index (χ2n) is 4.89. The lowest BCUT2D eigenvalue weighted by molar-refractivity contribution is -0.111. The number of hydrogen-bond acceptors (Lipinski definition) is 3. The van der Waals surface area contributed by atoms with Gasteiger partial charge in [-0.25, -0.2) is 0 Å². The second-order valence-corrected chi connectivity index (χ2v) is 4.89. The lowest BCUT2D eigenvalue weighted by Crippen LogP contribution is -2.20. The summed E-state index contributed by atoms with van der Waals surface area (Å²) in [5.41, 5.74) is 1.37. The lowest BCUT2D eigenvalue weighted by atomic mass is 10.1. The van der Waals surface area contributed by atoms with Gasteiger partial charge in [-0.1, -0.05) is 24.3 Å².